The minimum Gasteiger partial charge on any atom is -0.491 e. The van der Waals surface area contributed by atoms with Gasteiger partial charge in [-0.05, 0) is 47.6 Å². The number of halogens is 1. The fraction of sp³-hybridized carbons (Fsp3) is 0.375. The second-order valence-corrected chi connectivity index (χ2v) is 6.54. The van der Waals surface area contributed by atoms with E-state index in [9.17, 15) is 9.90 Å². The van der Waals surface area contributed by atoms with Gasteiger partial charge in [-0.25, -0.2) is 4.98 Å². The largest absolute Gasteiger partial charge is 0.491 e. The first-order valence-electron chi connectivity index (χ1n) is 7.75. The van der Waals surface area contributed by atoms with Crippen LogP contribution in [0.5, 0.6) is 5.75 Å². The summed E-state index contributed by atoms with van der Waals surface area (Å²) in [5.41, 5.74) is 0.476. The summed E-state index contributed by atoms with van der Waals surface area (Å²) in [5, 5.41) is 13.0. The molecular formula is C16H19BrN4O3. The summed E-state index contributed by atoms with van der Waals surface area (Å²) in [7, 11) is 0. The summed E-state index contributed by atoms with van der Waals surface area (Å²) in [6.45, 7) is 2.99. The number of hydrogen-bond acceptors (Lipinski definition) is 6. The van der Waals surface area contributed by atoms with Crippen molar-refractivity contribution in [3.63, 3.8) is 0 Å². The zero-order chi connectivity index (χ0) is 16.9. The Kier molecular flexibility index (Phi) is 5.49. The van der Waals surface area contributed by atoms with E-state index in [1.165, 1.54) is 12.6 Å². The lowest BCUT2D eigenvalue weighted by atomic mass is 10.2. The molecule has 0 unspecified atom stereocenters. The average molecular weight is 395 g/mol. The number of aromatic nitrogens is 2. The van der Waals surface area contributed by atoms with Crippen molar-refractivity contribution in [2.75, 3.05) is 31.6 Å². The van der Waals surface area contributed by atoms with Gasteiger partial charge in [-0.15, -0.1) is 0 Å². The van der Waals surface area contributed by atoms with E-state index < -0.39 is 6.10 Å². The summed E-state index contributed by atoms with van der Waals surface area (Å²) in [6.07, 6.45) is 2.13. The Morgan fingerprint density at radius 1 is 1.46 bits per heavy atom. The molecule has 0 saturated carbocycles. The number of nitrogens with zero attached hydrogens (tertiary/aromatic N) is 2. The number of hydrogen-bond donors (Lipinski definition) is 3. The quantitative estimate of drug-likeness (QED) is 0.662. The highest BCUT2D eigenvalue weighted by Crippen LogP contribution is 2.20. The van der Waals surface area contributed by atoms with E-state index in [0.717, 1.165) is 18.8 Å². The van der Waals surface area contributed by atoms with Crippen LogP contribution in [-0.2, 0) is 0 Å². The third-order valence-corrected chi connectivity index (χ3v) is 4.28. The molecule has 1 aromatic heterocycles. The Hall–Kier alpha value is -1.90. The monoisotopic (exact) mass is 394 g/mol. The third kappa shape index (κ3) is 4.56. The molecule has 1 saturated heterocycles. The first-order chi connectivity index (χ1) is 11.6. The fourth-order valence-corrected chi connectivity index (χ4v) is 2.55. The predicted octanol–water partition coefficient (Wildman–Crippen LogP) is 1.72. The molecule has 0 spiro atoms. The van der Waals surface area contributed by atoms with E-state index in [1.807, 2.05) is 18.2 Å². The van der Waals surface area contributed by atoms with Crippen molar-refractivity contribution in [3.8, 4) is 5.75 Å². The SMILES string of the molecule is O=c1[nH]c(Nc2cccc(OC[C@H](O)CN3CCC3)c2)ncc1Br. The highest BCUT2D eigenvalue weighted by molar-refractivity contribution is 9.10. The lowest BCUT2D eigenvalue weighted by Crippen LogP contribution is -2.43. The van der Waals surface area contributed by atoms with Crippen LogP contribution in [0.3, 0.4) is 0 Å². The minimum atomic E-state index is -0.508. The molecule has 1 aliphatic heterocycles. The highest BCUT2D eigenvalue weighted by atomic mass is 79.9. The summed E-state index contributed by atoms with van der Waals surface area (Å²) in [4.78, 5) is 20.5. The van der Waals surface area contributed by atoms with Crippen molar-refractivity contribution in [2.24, 2.45) is 0 Å². The number of nitrogens with one attached hydrogen (secondary N) is 2. The number of H-pyrrole nitrogens is 1. The highest BCUT2D eigenvalue weighted by Gasteiger charge is 2.17. The Balaban J connectivity index is 1.56. The Labute approximate surface area is 147 Å². The molecule has 24 heavy (non-hydrogen) atoms. The number of aliphatic hydroxyl groups is 1. The van der Waals surface area contributed by atoms with Gasteiger partial charge >= 0.3 is 0 Å². The topological polar surface area (TPSA) is 90.5 Å². The smallest absolute Gasteiger partial charge is 0.266 e. The summed E-state index contributed by atoms with van der Waals surface area (Å²) < 4.78 is 6.02. The lowest BCUT2D eigenvalue weighted by molar-refractivity contribution is 0.0467. The van der Waals surface area contributed by atoms with Crippen LogP contribution >= 0.6 is 15.9 Å². The van der Waals surface area contributed by atoms with Gasteiger partial charge in [0.25, 0.3) is 5.56 Å². The van der Waals surface area contributed by atoms with Crippen molar-refractivity contribution < 1.29 is 9.84 Å². The molecular weight excluding hydrogens is 376 g/mol. The van der Waals surface area contributed by atoms with Crippen molar-refractivity contribution >= 4 is 27.6 Å². The molecule has 1 fully saturated rings. The number of rotatable bonds is 7. The van der Waals surface area contributed by atoms with Crippen LogP contribution < -0.4 is 15.6 Å². The van der Waals surface area contributed by atoms with Crippen LogP contribution in [-0.4, -0.2) is 52.3 Å². The first-order valence-corrected chi connectivity index (χ1v) is 8.54. The molecule has 0 bridgehead atoms. The van der Waals surface area contributed by atoms with Gasteiger partial charge in [0.15, 0.2) is 0 Å². The molecule has 3 rings (SSSR count). The Morgan fingerprint density at radius 3 is 3.00 bits per heavy atom. The maximum absolute atomic E-state index is 11.6. The van der Waals surface area contributed by atoms with Gasteiger partial charge in [0.1, 0.15) is 22.9 Å². The molecule has 8 heteroatoms. The zero-order valence-corrected chi connectivity index (χ0v) is 14.6. The molecule has 3 N–H and O–H groups in total. The van der Waals surface area contributed by atoms with Gasteiger partial charge in [-0.3, -0.25) is 9.78 Å². The molecule has 2 aromatic rings. The molecule has 7 nitrogen and oxygen atoms in total. The molecule has 128 valence electrons. The maximum Gasteiger partial charge on any atom is 0.266 e. The first kappa shape index (κ1) is 16.9. The van der Waals surface area contributed by atoms with Crippen LogP contribution in [0.2, 0.25) is 0 Å². The second-order valence-electron chi connectivity index (χ2n) is 5.68. The minimum absolute atomic E-state index is 0.243. The van der Waals surface area contributed by atoms with Crippen molar-refractivity contribution in [1.82, 2.24) is 14.9 Å². The lowest BCUT2D eigenvalue weighted by Gasteiger charge is -2.32. The van der Waals surface area contributed by atoms with Crippen molar-refractivity contribution in [1.29, 1.82) is 0 Å². The van der Waals surface area contributed by atoms with Gasteiger partial charge in [0.2, 0.25) is 5.95 Å². The van der Waals surface area contributed by atoms with Gasteiger partial charge in [0.05, 0.1) is 6.20 Å². The van der Waals surface area contributed by atoms with Crippen molar-refractivity contribution in [2.45, 2.75) is 12.5 Å². The maximum atomic E-state index is 11.6. The van der Waals surface area contributed by atoms with Crippen LogP contribution in [0, 0.1) is 0 Å². The fourth-order valence-electron chi connectivity index (χ4n) is 2.35. The van der Waals surface area contributed by atoms with Crippen LogP contribution in [0.4, 0.5) is 11.6 Å². The Bertz CT molecular complexity index is 748. The van der Waals surface area contributed by atoms with E-state index in [-0.39, 0.29) is 12.2 Å². The molecule has 0 aliphatic carbocycles. The number of β-amino-alcohol motifs (C(OH)–C–C–N with tert-alkyl or cyclic N) is 1. The van der Waals surface area contributed by atoms with Crippen LogP contribution in [0.25, 0.3) is 0 Å². The van der Waals surface area contributed by atoms with Crippen LogP contribution in [0.1, 0.15) is 6.42 Å². The average Bonchev–Trinajstić information content (AvgIpc) is 2.53. The van der Waals surface area contributed by atoms with E-state index in [1.54, 1.807) is 6.07 Å². The normalized spacial score (nSPS) is 15.6. The van der Waals surface area contributed by atoms with Gasteiger partial charge < -0.3 is 20.1 Å². The van der Waals surface area contributed by atoms with Crippen LogP contribution in [0.15, 0.2) is 39.7 Å². The molecule has 2 heterocycles. The summed E-state index contributed by atoms with van der Waals surface area (Å²) in [5.74, 6) is 0.986. The van der Waals surface area contributed by atoms with E-state index >= 15 is 0 Å². The molecule has 1 aromatic carbocycles. The number of likely N-dealkylation sites (tertiary alicyclic amines) is 1. The van der Waals surface area contributed by atoms with E-state index in [2.05, 4.69) is 36.1 Å². The Morgan fingerprint density at radius 2 is 2.29 bits per heavy atom. The zero-order valence-electron chi connectivity index (χ0n) is 13.0. The van der Waals surface area contributed by atoms with Gasteiger partial charge in [0, 0.05) is 18.3 Å². The summed E-state index contributed by atoms with van der Waals surface area (Å²) in [6, 6.07) is 7.28. The molecule has 1 aliphatic rings. The van der Waals surface area contributed by atoms with E-state index in [4.69, 9.17) is 4.74 Å². The number of anilines is 2. The third-order valence-electron chi connectivity index (χ3n) is 3.71. The van der Waals surface area contributed by atoms with Gasteiger partial charge in [-0.2, -0.15) is 0 Å². The van der Waals surface area contributed by atoms with E-state index in [0.29, 0.717) is 22.7 Å². The second kappa shape index (κ2) is 7.78. The number of benzene rings is 1. The van der Waals surface area contributed by atoms with Gasteiger partial charge in [-0.1, -0.05) is 6.07 Å². The molecule has 1 atom stereocenters. The number of ether oxygens (including phenoxy) is 1. The standard InChI is InChI=1S/C16H19BrN4O3/c17-14-8-18-16(20-15(14)23)19-11-3-1-4-13(7-11)24-10-12(22)9-21-5-2-6-21/h1,3-4,7-8,12,22H,2,5-6,9-10H2,(H2,18,19,20,23)/t12-/m1/s1. The molecule has 0 amide bonds. The molecule has 0 radical (unpaired) electrons. The number of aromatic amines is 1. The van der Waals surface area contributed by atoms with Crippen molar-refractivity contribution in [3.05, 3.63) is 45.3 Å². The predicted molar refractivity (Wildman–Crippen MR) is 94.8 cm³/mol. The summed E-state index contributed by atoms with van der Waals surface area (Å²) >= 11 is 3.11. The number of aliphatic hydroxyl groups excluding tert-OH is 1.